The zero-order chi connectivity index (χ0) is 16.1. The number of aliphatic hydroxyl groups excluding tert-OH is 1. The maximum absolute atomic E-state index is 13.3. The van der Waals surface area contributed by atoms with Gasteiger partial charge in [-0.2, -0.15) is 22.0 Å². The van der Waals surface area contributed by atoms with E-state index in [1.165, 1.54) is 18.3 Å². The number of aromatic nitrogens is 1. The van der Waals surface area contributed by atoms with Crippen LogP contribution in [0.1, 0.15) is 0 Å². The Bertz CT molecular complexity index is 766. The summed E-state index contributed by atoms with van der Waals surface area (Å²) >= 11 is 0. The molecule has 2 aliphatic rings. The van der Waals surface area contributed by atoms with Crippen LogP contribution >= 0.6 is 0 Å². The van der Waals surface area contributed by atoms with Gasteiger partial charge in [0.2, 0.25) is 0 Å². The lowest BCUT2D eigenvalue weighted by atomic mass is 9.74. The number of pyridine rings is 1. The van der Waals surface area contributed by atoms with E-state index in [4.69, 9.17) is 4.74 Å². The van der Waals surface area contributed by atoms with E-state index in [0.29, 0.717) is 0 Å². The molecule has 1 heterocycles. The van der Waals surface area contributed by atoms with Gasteiger partial charge < -0.3 is 9.84 Å². The Morgan fingerprint density at radius 3 is 2.59 bits per heavy atom. The number of ether oxygens (including phenoxy) is 1. The topological polar surface area (TPSA) is 42.4 Å². The summed E-state index contributed by atoms with van der Waals surface area (Å²) in [6.45, 7) is 0. The molecular formula is C14H6F5NO2. The van der Waals surface area contributed by atoms with Gasteiger partial charge >= 0.3 is 12.1 Å². The Balaban J connectivity index is 2.13. The lowest BCUT2D eigenvalue weighted by Crippen LogP contribution is -2.51. The molecule has 3 rings (SSSR count). The number of alkyl halides is 5. The average Bonchev–Trinajstić information content (AvgIpc) is 2.46. The first-order valence-corrected chi connectivity index (χ1v) is 5.95. The molecule has 1 unspecified atom stereocenters. The molecule has 0 amide bonds. The lowest BCUT2D eigenvalue weighted by molar-refractivity contribution is -0.112. The minimum Gasteiger partial charge on any atom is -0.446 e. The van der Waals surface area contributed by atoms with E-state index in [9.17, 15) is 27.1 Å². The van der Waals surface area contributed by atoms with Crippen LogP contribution < -0.4 is 4.74 Å². The molecule has 0 aliphatic heterocycles. The second-order valence-electron chi connectivity index (χ2n) is 4.56. The minimum absolute atomic E-state index is 0.0295. The highest BCUT2D eigenvalue weighted by Gasteiger charge is 2.62. The van der Waals surface area contributed by atoms with Crippen LogP contribution in [0.2, 0.25) is 0 Å². The van der Waals surface area contributed by atoms with Gasteiger partial charge in [-0.25, -0.2) is 0 Å². The summed E-state index contributed by atoms with van der Waals surface area (Å²) in [7, 11) is 0. The fourth-order valence-electron chi connectivity index (χ4n) is 2.16. The van der Waals surface area contributed by atoms with Crippen LogP contribution in [0.25, 0.3) is 0 Å². The van der Waals surface area contributed by atoms with E-state index in [1.807, 2.05) is 11.5 Å². The fraction of sp³-hybridized carbons (Fsp3) is 0.214. The predicted octanol–water partition coefficient (Wildman–Crippen LogP) is 2.91. The molecule has 114 valence electrons. The van der Waals surface area contributed by atoms with Gasteiger partial charge in [-0.1, -0.05) is 5.73 Å². The van der Waals surface area contributed by atoms with Gasteiger partial charge in [0, 0.05) is 11.8 Å². The van der Waals surface area contributed by atoms with Crippen LogP contribution in [-0.2, 0) is 0 Å². The third-order valence-corrected chi connectivity index (χ3v) is 3.15. The Labute approximate surface area is 120 Å². The first kappa shape index (κ1) is 14.5. The number of hydrogen-bond donors (Lipinski definition) is 1. The molecule has 0 radical (unpaired) electrons. The molecule has 0 bridgehead atoms. The van der Waals surface area contributed by atoms with E-state index in [0.717, 1.165) is 6.20 Å². The monoisotopic (exact) mass is 315 g/mol. The van der Waals surface area contributed by atoms with Crippen molar-refractivity contribution >= 4 is 0 Å². The Morgan fingerprint density at radius 1 is 1.27 bits per heavy atom. The molecular weight excluding hydrogens is 309 g/mol. The SMILES string of the molecule is OC1C2=C(C(F)(F)F)C(Oc3cccnc3)=C=C=C2C1(F)F. The summed E-state index contributed by atoms with van der Waals surface area (Å²) < 4.78 is 71.2. The second-order valence-corrected chi connectivity index (χ2v) is 4.56. The molecule has 0 spiro atoms. The van der Waals surface area contributed by atoms with E-state index >= 15 is 0 Å². The molecule has 8 heteroatoms. The van der Waals surface area contributed by atoms with E-state index in [2.05, 4.69) is 4.98 Å². The summed E-state index contributed by atoms with van der Waals surface area (Å²) in [5.74, 6) is -4.65. The average molecular weight is 315 g/mol. The quantitative estimate of drug-likeness (QED) is 0.674. The van der Waals surface area contributed by atoms with Gasteiger partial charge in [-0.05, 0) is 17.9 Å². The van der Waals surface area contributed by atoms with Crippen LogP contribution in [0.5, 0.6) is 5.75 Å². The van der Waals surface area contributed by atoms with Crippen molar-refractivity contribution in [1.29, 1.82) is 0 Å². The van der Waals surface area contributed by atoms with Gasteiger partial charge in [0.15, 0.2) is 5.76 Å². The highest BCUT2D eigenvalue weighted by Crippen LogP contribution is 2.53. The van der Waals surface area contributed by atoms with E-state index < -0.39 is 40.7 Å². The molecule has 22 heavy (non-hydrogen) atoms. The highest BCUT2D eigenvalue weighted by molar-refractivity contribution is 5.61. The Kier molecular flexibility index (Phi) is 3.00. The van der Waals surface area contributed by atoms with Crippen LogP contribution in [0.4, 0.5) is 22.0 Å². The van der Waals surface area contributed by atoms with Gasteiger partial charge in [0.1, 0.15) is 17.4 Å². The number of aliphatic hydroxyl groups is 1. The number of rotatable bonds is 2. The maximum atomic E-state index is 13.3. The van der Waals surface area contributed by atoms with Crippen molar-refractivity contribution in [2.45, 2.75) is 18.2 Å². The summed E-state index contributed by atoms with van der Waals surface area (Å²) in [5.41, 5.74) is 0.430. The molecule has 2 aliphatic carbocycles. The zero-order valence-corrected chi connectivity index (χ0v) is 10.6. The molecule has 1 aromatic heterocycles. The third kappa shape index (κ3) is 2.05. The molecule has 0 aromatic carbocycles. The summed E-state index contributed by atoms with van der Waals surface area (Å²) in [6.07, 6.45) is -5.01. The normalized spacial score (nSPS) is 22.5. The van der Waals surface area contributed by atoms with Gasteiger partial charge in [-0.3, -0.25) is 4.98 Å². The van der Waals surface area contributed by atoms with Crippen molar-refractivity contribution in [3.63, 3.8) is 0 Å². The van der Waals surface area contributed by atoms with Crippen molar-refractivity contribution < 1.29 is 31.8 Å². The van der Waals surface area contributed by atoms with Crippen LogP contribution in [0.3, 0.4) is 0 Å². The van der Waals surface area contributed by atoms with Crippen molar-refractivity contribution in [3.8, 4) is 5.75 Å². The van der Waals surface area contributed by atoms with Gasteiger partial charge in [0.05, 0.1) is 11.8 Å². The van der Waals surface area contributed by atoms with E-state index in [-0.39, 0.29) is 5.75 Å². The van der Waals surface area contributed by atoms with Crippen molar-refractivity contribution in [1.82, 2.24) is 4.98 Å². The second kappa shape index (κ2) is 4.55. The molecule has 1 atom stereocenters. The number of halogens is 5. The van der Waals surface area contributed by atoms with Crippen molar-refractivity contribution in [2.24, 2.45) is 0 Å². The standard InChI is InChI=1S/C14H6F5NO2/c15-13(16)8-3-4-9(22-7-2-1-5-20-6-7)11(14(17,18)19)10(8)12(13)21/h1-2,5-6,12,21H. The highest BCUT2D eigenvalue weighted by atomic mass is 19.4. The molecule has 1 saturated carbocycles. The number of hydrogen-bond acceptors (Lipinski definition) is 3. The van der Waals surface area contributed by atoms with Crippen LogP contribution in [-0.4, -0.2) is 28.3 Å². The van der Waals surface area contributed by atoms with Gasteiger partial charge in [0.25, 0.3) is 0 Å². The maximum Gasteiger partial charge on any atom is 0.421 e. The van der Waals surface area contributed by atoms with Crippen molar-refractivity contribution in [2.75, 3.05) is 0 Å². The Morgan fingerprint density at radius 2 is 2.00 bits per heavy atom. The van der Waals surface area contributed by atoms with E-state index in [1.54, 1.807) is 0 Å². The fourth-order valence-corrected chi connectivity index (χ4v) is 2.16. The molecule has 1 fully saturated rings. The molecule has 0 saturated heterocycles. The smallest absolute Gasteiger partial charge is 0.421 e. The summed E-state index contributed by atoms with van der Waals surface area (Å²) in [5, 5.41) is 9.31. The number of fused-ring (bicyclic) bond motifs is 1. The van der Waals surface area contributed by atoms with Crippen LogP contribution in [0, 0.1) is 0 Å². The zero-order valence-electron chi connectivity index (χ0n) is 10.6. The minimum atomic E-state index is -5.00. The number of allylic oxidation sites excluding steroid dienone is 1. The molecule has 1 aromatic rings. The molecule has 1 N–H and O–H groups in total. The van der Waals surface area contributed by atoms with Crippen LogP contribution in [0.15, 0.2) is 58.5 Å². The summed E-state index contributed by atoms with van der Waals surface area (Å²) in [4.78, 5) is 3.66. The predicted molar refractivity (Wildman–Crippen MR) is 63.0 cm³/mol. The van der Waals surface area contributed by atoms with Gasteiger partial charge in [-0.15, -0.1) is 0 Å². The lowest BCUT2D eigenvalue weighted by Gasteiger charge is -2.39. The first-order chi connectivity index (χ1) is 10.2. The summed E-state index contributed by atoms with van der Waals surface area (Å²) in [6, 6.07) is 2.77. The Hall–Kier alpha value is -2.40. The third-order valence-electron chi connectivity index (χ3n) is 3.15. The molecule has 3 nitrogen and oxygen atoms in total. The van der Waals surface area contributed by atoms with Crippen molar-refractivity contribution in [3.05, 3.63) is 58.5 Å². The first-order valence-electron chi connectivity index (χ1n) is 5.95. The number of nitrogens with zero attached hydrogens (tertiary/aromatic N) is 1. The largest absolute Gasteiger partial charge is 0.446 e.